The van der Waals surface area contributed by atoms with Crippen molar-refractivity contribution < 1.29 is 14.1 Å². The molecule has 6 nitrogen and oxygen atoms in total. The van der Waals surface area contributed by atoms with Crippen molar-refractivity contribution in [2.45, 2.75) is 26.7 Å². The number of rotatable bonds is 6. The number of nitrogens with zero attached hydrogens (tertiary/aromatic N) is 1. The van der Waals surface area contributed by atoms with Crippen LogP contribution in [0.2, 0.25) is 0 Å². The first-order valence-corrected chi connectivity index (χ1v) is 6.86. The van der Waals surface area contributed by atoms with Gasteiger partial charge in [-0.3, -0.25) is 14.9 Å². The van der Waals surface area contributed by atoms with Crippen LogP contribution in [0, 0.1) is 21.3 Å². The molecule has 1 aromatic carbocycles. The first kappa shape index (κ1) is 15.2. The van der Waals surface area contributed by atoms with Gasteiger partial charge in [0.25, 0.3) is 11.6 Å². The minimum Gasteiger partial charge on any atom is -0.383 e. The normalized spacial score (nSPS) is 15.4. The van der Waals surface area contributed by atoms with Crippen molar-refractivity contribution in [1.82, 2.24) is 5.32 Å². The van der Waals surface area contributed by atoms with E-state index >= 15 is 0 Å². The van der Waals surface area contributed by atoms with Crippen molar-refractivity contribution in [3.8, 4) is 0 Å². The Hall–Kier alpha value is -2.18. The molecule has 1 saturated carbocycles. The maximum Gasteiger partial charge on any atom is 0.285 e. The quantitative estimate of drug-likeness (QED) is 0.624. The van der Waals surface area contributed by atoms with E-state index in [1.54, 1.807) is 6.92 Å². The van der Waals surface area contributed by atoms with Crippen molar-refractivity contribution in [3.05, 3.63) is 33.6 Å². The van der Waals surface area contributed by atoms with E-state index in [4.69, 9.17) is 0 Å². The Balaban J connectivity index is 2.27. The molecule has 2 rings (SSSR count). The summed E-state index contributed by atoms with van der Waals surface area (Å²) in [6, 6.07) is 1.98. The van der Waals surface area contributed by atoms with Gasteiger partial charge in [0.15, 0.2) is 5.82 Å². The molecule has 2 N–H and O–H groups in total. The summed E-state index contributed by atoms with van der Waals surface area (Å²) in [5, 5.41) is 16.4. The molecule has 114 valence electrons. The maximum atomic E-state index is 13.7. The number of benzene rings is 1. The molecule has 7 heteroatoms. The second kappa shape index (κ2) is 5.67. The van der Waals surface area contributed by atoms with Crippen LogP contribution in [0.25, 0.3) is 0 Å². The number of halogens is 1. The number of hydrogen-bond donors (Lipinski definition) is 2. The first-order chi connectivity index (χ1) is 9.86. The van der Waals surface area contributed by atoms with Crippen molar-refractivity contribution in [3.63, 3.8) is 0 Å². The summed E-state index contributed by atoms with van der Waals surface area (Å²) in [5.74, 6) is -1.29. The predicted molar refractivity (Wildman–Crippen MR) is 76.9 cm³/mol. The molecular formula is C14H18FN3O3. The molecule has 0 unspecified atom stereocenters. The second-order valence-corrected chi connectivity index (χ2v) is 5.63. The third-order valence-corrected chi connectivity index (χ3v) is 3.67. The minimum atomic E-state index is -0.743. The lowest BCUT2D eigenvalue weighted by Gasteiger charge is -2.12. The maximum absolute atomic E-state index is 13.7. The fraction of sp³-hybridized carbons (Fsp3) is 0.500. The van der Waals surface area contributed by atoms with Crippen LogP contribution in [0.15, 0.2) is 12.1 Å². The molecule has 1 fully saturated rings. The zero-order valence-corrected chi connectivity index (χ0v) is 12.0. The van der Waals surface area contributed by atoms with Gasteiger partial charge in [0, 0.05) is 13.1 Å². The van der Waals surface area contributed by atoms with E-state index in [1.165, 1.54) is 6.07 Å². The molecule has 1 aromatic rings. The number of nitro groups is 1. The largest absolute Gasteiger partial charge is 0.383 e. The number of amides is 1. The average Bonchev–Trinajstić information content (AvgIpc) is 3.16. The Bertz CT molecular complexity index is 585. The average molecular weight is 295 g/mol. The molecule has 0 radical (unpaired) electrons. The summed E-state index contributed by atoms with van der Waals surface area (Å²) >= 11 is 0. The van der Waals surface area contributed by atoms with Gasteiger partial charge in [0.2, 0.25) is 0 Å². The summed E-state index contributed by atoms with van der Waals surface area (Å²) in [7, 11) is 0. The molecule has 1 aliphatic carbocycles. The van der Waals surface area contributed by atoms with E-state index in [9.17, 15) is 19.3 Å². The van der Waals surface area contributed by atoms with Gasteiger partial charge in [-0.15, -0.1) is 0 Å². The minimum absolute atomic E-state index is 0.0888. The monoisotopic (exact) mass is 295 g/mol. The van der Waals surface area contributed by atoms with E-state index in [1.807, 2.05) is 6.92 Å². The molecule has 0 aromatic heterocycles. The van der Waals surface area contributed by atoms with Crippen LogP contribution < -0.4 is 10.6 Å². The topological polar surface area (TPSA) is 84.3 Å². The smallest absolute Gasteiger partial charge is 0.285 e. The fourth-order valence-electron chi connectivity index (χ4n) is 2.00. The van der Waals surface area contributed by atoms with Crippen LogP contribution in [-0.4, -0.2) is 23.9 Å². The second-order valence-electron chi connectivity index (χ2n) is 5.63. The van der Waals surface area contributed by atoms with Crippen LogP contribution in [0.1, 0.15) is 37.0 Å². The zero-order chi connectivity index (χ0) is 15.6. The number of hydrogen-bond acceptors (Lipinski definition) is 4. The lowest BCUT2D eigenvalue weighted by Crippen LogP contribution is -2.29. The highest BCUT2D eigenvalue weighted by atomic mass is 19.1. The van der Waals surface area contributed by atoms with Gasteiger partial charge in [-0.2, -0.15) is 0 Å². The molecule has 0 heterocycles. The number of nitro benzene ring substituents is 1. The van der Waals surface area contributed by atoms with Crippen molar-refractivity contribution in [2.24, 2.45) is 5.41 Å². The van der Waals surface area contributed by atoms with Crippen LogP contribution in [-0.2, 0) is 0 Å². The Morgan fingerprint density at radius 3 is 2.67 bits per heavy atom. The standard InChI is InChI=1S/C14H18FN3O3/c1-3-16-11-6-9(12(18(20)21)7-10(11)15)13(19)17-8-14(2)4-5-14/h6-7,16H,3-5,8H2,1-2H3,(H,17,19). The summed E-state index contributed by atoms with van der Waals surface area (Å²) in [4.78, 5) is 22.4. The van der Waals surface area contributed by atoms with Crippen molar-refractivity contribution >= 4 is 17.3 Å². The molecule has 0 aliphatic heterocycles. The molecule has 1 aliphatic rings. The third kappa shape index (κ3) is 3.48. The lowest BCUT2D eigenvalue weighted by molar-refractivity contribution is -0.385. The Morgan fingerprint density at radius 2 is 2.14 bits per heavy atom. The van der Waals surface area contributed by atoms with Gasteiger partial charge >= 0.3 is 0 Å². The Morgan fingerprint density at radius 1 is 1.48 bits per heavy atom. The van der Waals surface area contributed by atoms with Crippen molar-refractivity contribution in [2.75, 3.05) is 18.4 Å². The Kier molecular flexibility index (Phi) is 4.11. The van der Waals surface area contributed by atoms with Gasteiger partial charge < -0.3 is 10.6 Å². The Labute approximate surface area is 121 Å². The summed E-state index contributed by atoms with van der Waals surface area (Å²) < 4.78 is 13.7. The molecule has 0 spiro atoms. The van der Waals surface area contributed by atoms with Gasteiger partial charge in [0.05, 0.1) is 16.7 Å². The summed E-state index contributed by atoms with van der Waals surface area (Å²) in [6.45, 7) is 4.73. The first-order valence-electron chi connectivity index (χ1n) is 6.86. The number of anilines is 1. The molecule has 1 amide bonds. The van der Waals surface area contributed by atoms with E-state index in [0.29, 0.717) is 13.1 Å². The van der Waals surface area contributed by atoms with E-state index in [2.05, 4.69) is 10.6 Å². The molecule has 0 bridgehead atoms. The van der Waals surface area contributed by atoms with E-state index < -0.39 is 22.3 Å². The highest BCUT2D eigenvalue weighted by Gasteiger charge is 2.37. The van der Waals surface area contributed by atoms with Gasteiger partial charge in [-0.1, -0.05) is 6.92 Å². The third-order valence-electron chi connectivity index (χ3n) is 3.67. The highest BCUT2D eigenvalue weighted by Crippen LogP contribution is 2.44. The lowest BCUT2D eigenvalue weighted by atomic mass is 10.1. The van der Waals surface area contributed by atoms with Crippen LogP contribution in [0.4, 0.5) is 15.8 Å². The van der Waals surface area contributed by atoms with Crippen LogP contribution >= 0.6 is 0 Å². The predicted octanol–water partition coefficient (Wildman–Crippen LogP) is 2.70. The van der Waals surface area contributed by atoms with Gasteiger partial charge in [0.1, 0.15) is 5.56 Å². The molecule has 21 heavy (non-hydrogen) atoms. The number of nitrogens with one attached hydrogen (secondary N) is 2. The molecule has 0 atom stereocenters. The summed E-state index contributed by atoms with van der Waals surface area (Å²) in [6.07, 6.45) is 2.06. The molecular weight excluding hydrogens is 277 g/mol. The zero-order valence-electron chi connectivity index (χ0n) is 12.0. The SMILES string of the molecule is CCNc1cc(C(=O)NCC2(C)CC2)c([N+](=O)[O-])cc1F. The number of carbonyl (C=O) groups is 1. The molecule has 0 saturated heterocycles. The van der Waals surface area contributed by atoms with E-state index in [-0.39, 0.29) is 16.7 Å². The van der Waals surface area contributed by atoms with Crippen LogP contribution in [0.5, 0.6) is 0 Å². The highest BCUT2D eigenvalue weighted by molar-refractivity contribution is 5.99. The van der Waals surface area contributed by atoms with Crippen molar-refractivity contribution in [1.29, 1.82) is 0 Å². The summed E-state index contributed by atoms with van der Waals surface area (Å²) in [5.41, 5.74) is -0.463. The van der Waals surface area contributed by atoms with Gasteiger partial charge in [-0.25, -0.2) is 4.39 Å². The number of carbonyl (C=O) groups excluding carboxylic acids is 1. The van der Waals surface area contributed by atoms with Gasteiger partial charge in [-0.05, 0) is 31.2 Å². The van der Waals surface area contributed by atoms with E-state index in [0.717, 1.165) is 18.9 Å². The fourth-order valence-corrected chi connectivity index (χ4v) is 2.00. The van der Waals surface area contributed by atoms with Crippen LogP contribution in [0.3, 0.4) is 0 Å².